The molecule has 0 amide bonds. The summed E-state index contributed by atoms with van der Waals surface area (Å²) in [6.07, 6.45) is 0.919. The predicted octanol–water partition coefficient (Wildman–Crippen LogP) is 1.91. The fourth-order valence-corrected chi connectivity index (χ4v) is 3.04. The van der Waals surface area contributed by atoms with E-state index in [2.05, 4.69) is 0 Å². The Morgan fingerprint density at radius 2 is 2.05 bits per heavy atom. The van der Waals surface area contributed by atoms with E-state index in [1.807, 2.05) is 22.6 Å². The molecular weight excluding hydrogens is 427 g/mol. The molecule has 0 spiro atoms. The highest BCUT2D eigenvalue weighted by Gasteiger charge is 2.18. The Morgan fingerprint density at radius 3 is 2.64 bits per heavy atom. The van der Waals surface area contributed by atoms with Gasteiger partial charge in [0.1, 0.15) is 11.1 Å². The van der Waals surface area contributed by atoms with Crippen LogP contribution in [0.1, 0.15) is 17.3 Å². The van der Waals surface area contributed by atoms with Crippen LogP contribution in [0.15, 0.2) is 27.4 Å². The summed E-state index contributed by atoms with van der Waals surface area (Å²) in [6.45, 7) is 1.73. The van der Waals surface area contributed by atoms with Crippen molar-refractivity contribution in [3.63, 3.8) is 0 Å². The second-order valence-electron chi connectivity index (χ2n) is 4.24. The van der Waals surface area contributed by atoms with Crippen molar-refractivity contribution in [1.29, 1.82) is 0 Å². The summed E-state index contributed by atoms with van der Waals surface area (Å²) in [5.41, 5.74) is -0.870. The second-order valence-corrected chi connectivity index (χ2v) is 6.90. The van der Waals surface area contributed by atoms with Gasteiger partial charge in [-0.05, 0) is 47.7 Å². The second kappa shape index (κ2) is 6.24. The zero-order chi connectivity index (χ0) is 16.5. The van der Waals surface area contributed by atoms with Gasteiger partial charge in [0, 0.05) is 5.39 Å². The van der Waals surface area contributed by atoms with Gasteiger partial charge >= 0.3 is 21.7 Å². The number of hydrogen-bond donors (Lipinski definition) is 0. The van der Waals surface area contributed by atoms with E-state index >= 15 is 0 Å². The van der Waals surface area contributed by atoms with Crippen molar-refractivity contribution in [2.45, 2.75) is 6.92 Å². The van der Waals surface area contributed by atoms with Crippen molar-refractivity contribution in [2.75, 3.05) is 12.9 Å². The average Bonchev–Trinajstić information content (AvgIpc) is 2.40. The molecule has 1 aromatic carbocycles. The van der Waals surface area contributed by atoms with Crippen LogP contribution in [0.25, 0.3) is 11.0 Å². The normalized spacial score (nSPS) is 11.4. The molecule has 2 aromatic rings. The molecule has 0 atom stereocenters. The number of halogens is 1. The smallest absolute Gasteiger partial charge is 0.351 e. The van der Waals surface area contributed by atoms with Crippen LogP contribution < -0.4 is 9.81 Å². The first-order valence-corrected chi connectivity index (χ1v) is 8.95. The zero-order valence-corrected chi connectivity index (χ0v) is 14.6. The minimum atomic E-state index is -3.70. The Hall–Kier alpha value is -1.62. The molecule has 1 heterocycles. The molecule has 0 unspecified atom stereocenters. The average molecular weight is 438 g/mol. The van der Waals surface area contributed by atoms with Crippen LogP contribution in [0.2, 0.25) is 0 Å². The molecule has 0 aliphatic heterocycles. The first-order chi connectivity index (χ1) is 10.2. The number of fused-ring (bicyclic) bond motifs is 1. The van der Waals surface area contributed by atoms with Crippen LogP contribution in [-0.2, 0) is 14.9 Å². The fraction of sp³-hybridized carbons (Fsp3) is 0.231. The standard InChI is InChI=1S/C13H11IO7S/c1-3-19-12(15)8-6-7-9(20-13(8)16)4-5-10(11(7)14)21-22(2,17)18/h4-6H,3H2,1-2H3. The van der Waals surface area contributed by atoms with Crippen LogP contribution in [0.4, 0.5) is 0 Å². The van der Waals surface area contributed by atoms with Crippen molar-refractivity contribution < 1.29 is 26.5 Å². The molecule has 0 aliphatic rings. The molecule has 0 fully saturated rings. The van der Waals surface area contributed by atoms with Crippen molar-refractivity contribution in [3.05, 3.63) is 37.8 Å². The predicted molar refractivity (Wildman–Crippen MR) is 86.6 cm³/mol. The summed E-state index contributed by atoms with van der Waals surface area (Å²) in [4.78, 5) is 23.5. The van der Waals surface area contributed by atoms with Crippen molar-refractivity contribution >= 4 is 49.6 Å². The van der Waals surface area contributed by atoms with E-state index in [4.69, 9.17) is 13.3 Å². The van der Waals surface area contributed by atoms with E-state index in [1.54, 1.807) is 6.92 Å². The quantitative estimate of drug-likeness (QED) is 0.311. The van der Waals surface area contributed by atoms with Gasteiger partial charge in [0.15, 0.2) is 5.75 Å². The van der Waals surface area contributed by atoms with Gasteiger partial charge in [0.25, 0.3) is 0 Å². The number of carbonyl (C=O) groups is 1. The van der Waals surface area contributed by atoms with Crippen LogP contribution in [0.3, 0.4) is 0 Å². The van der Waals surface area contributed by atoms with Gasteiger partial charge in [-0.3, -0.25) is 0 Å². The molecule has 0 saturated carbocycles. The molecule has 0 aliphatic carbocycles. The maximum atomic E-state index is 11.8. The number of benzene rings is 1. The molecular formula is C13H11IO7S. The third kappa shape index (κ3) is 3.58. The summed E-state index contributed by atoms with van der Waals surface area (Å²) >= 11 is 1.85. The number of rotatable bonds is 4. The fourth-order valence-electron chi connectivity index (χ4n) is 1.72. The van der Waals surface area contributed by atoms with Gasteiger partial charge in [-0.2, -0.15) is 8.42 Å². The SMILES string of the molecule is CCOC(=O)c1cc2c(I)c(OS(C)(=O)=O)ccc2oc1=O. The molecule has 7 nitrogen and oxygen atoms in total. The molecule has 0 bridgehead atoms. The highest BCUT2D eigenvalue weighted by atomic mass is 127. The van der Waals surface area contributed by atoms with E-state index in [1.165, 1.54) is 18.2 Å². The number of carbonyl (C=O) groups excluding carboxylic acids is 1. The van der Waals surface area contributed by atoms with Gasteiger partial charge in [0.2, 0.25) is 0 Å². The summed E-state index contributed by atoms with van der Waals surface area (Å²) in [5, 5.41) is 0.379. The largest absolute Gasteiger partial charge is 0.462 e. The van der Waals surface area contributed by atoms with Crippen molar-refractivity contribution in [3.8, 4) is 5.75 Å². The van der Waals surface area contributed by atoms with E-state index in [9.17, 15) is 18.0 Å². The summed E-state index contributed by atoms with van der Waals surface area (Å²) in [5.74, 6) is -0.720. The highest BCUT2D eigenvalue weighted by Crippen LogP contribution is 2.30. The number of esters is 1. The lowest BCUT2D eigenvalue weighted by Gasteiger charge is -2.08. The highest BCUT2D eigenvalue weighted by molar-refractivity contribution is 14.1. The molecule has 0 N–H and O–H groups in total. The van der Waals surface area contributed by atoms with Gasteiger partial charge in [-0.1, -0.05) is 0 Å². The lowest BCUT2D eigenvalue weighted by atomic mass is 10.2. The van der Waals surface area contributed by atoms with Gasteiger partial charge in [0.05, 0.1) is 16.4 Å². The van der Waals surface area contributed by atoms with Crippen molar-refractivity contribution in [1.82, 2.24) is 0 Å². The van der Waals surface area contributed by atoms with E-state index in [0.29, 0.717) is 8.96 Å². The van der Waals surface area contributed by atoms with E-state index in [-0.39, 0.29) is 23.5 Å². The number of ether oxygens (including phenoxy) is 1. The summed E-state index contributed by atoms with van der Waals surface area (Å²) in [7, 11) is -3.70. The molecule has 118 valence electrons. The van der Waals surface area contributed by atoms with E-state index < -0.39 is 21.7 Å². The third-order valence-corrected chi connectivity index (χ3v) is 4.15. The van der Waals surface area contributed by atoms with Gasteiger partial charge in [-0.15, -0.1) is 0 Å². The van der Waals surface area contributed by atoms with E-state index in [0.717, 1.165) is 6.26 Å². The number of hydrogen-bond acceptors (Lipinski definition) is 7. The maximum absolute atomic E-state index is 11.8. The van der Waals surface area contributed by atoms with Crippen LogP contribution in [0, 0.1) is 3.57 Å². The molecule has 22 heavy (non-hydrogen) atoms. The minimum Gasteiger partial charge on any atom is -0.462 e. The monoisotopic (exact) mass is 438 g/mol. The Kier molecular flexibility index (Phi) is 4.75. The summed E-state index contributed by atoms with van der Waals surface area (Å²) < 4.78 is 37.5. The summed E-state index contributed by atoms with van der Waals surface area (Å²) in [6, 6.07) is 4.07. The van der Waals surface area contributed by atoms with Gasteiger partial charge in [-0.25, -0.2) is 9.59 Å². The maximum Gasteiger partial charge on any atom is 0.351 e. The van der Waals surface area contributed by atoms with Crippen molar-refractivity contribution in [2.24, 2.45) is 0 Å². The molecule has 0 radical (unpaired) electrons. The van der Waals surface area contributed by atoms with Crippen LogP contribution in [0.5, 0.6) is 5.75 Å². The molecule has 1 aromatic heterocycles. The van der Waals surface area contributed by atoms with Crippen LogP contribution >= 0.6 is 22.6 Å². The lowest BCUT2D eigenvalue weighted by Crippen LogP contribution is -2.16. The zero-order valence-electron chi connectivity index (χ0n) is 11.6. The molecule has 9 heteroatoms. The van der Waals surface area contributed by atoms with Gasteiger partial charge < -0.3 is 13.3 Å². The Morgan fingerprint density at radius 1 is 1.36 bits per heavy atom. The Balaban J connectivity index is 2.65. The minimum absolute atomic E-state index is 0.0826. The third-order valence-electron chi connectivity index (χ3n) is 2.55. The lowest BCUT2D eigenvalue weighted by molar-refractivity contribution is 0.0521. The van der Waals surface area contributed by atoms with Crippen LogP contribution in [-0.4, -0.2) is 27.2 Å². The first-order valence-electron chi connectivity index (χ1n) is 6.06. The first kappa shape index (κ1) is 16.7. The topological polar surface area (TPSA) is 99.9 Å². The Bertz CT molecular complexity index is 898. The molecule has 2 rings (SSSR count). The molecule has 0 saturated heterocycles. The Labute approximate surface area is 139 Å².